The lowest BCUT2D eigenvalue weighted by Crippen LogP contribution is -2.32. The van der Waals surface area contributed by atoms with Gasteiger partial charge in [-0.3, -0.25) is 9.59 Å². The predicted octanol–water partition coefficient (Wildman–Crippen LogP) is 4.15. The van der Waals surface area contributed by atoms with Gasteiger partial charge in [-0.25, -0.2) is 0 Å². The van der Waals surface area contributed by atoms with E-state index in [-0.39, 0.29) is 29.8 Å². The number of carbonyl (C=O) groups is 2. The van der Waals surface area contributed by atoms with E-state index in [1.54, 1.807) is 13.0 Å². The Hall–Kier alpha value is -2.83. The van der Waals surface area contributed by atoms with Crippen LogP contribution < -0.4 is 15.4 Å². The quantitative estimate of drug-likeness (QED) is 0.779. The van der Waals surface area contributed by atoms with E-state index in [1.807, 2.05) is 38.1 Å². The number of nitrogens with zero attached hydrogens (tertiary/aromatic N) is 1. The lowest BCUT2D eigenvalue weighted by atomic mass is 9.81. The lowest BCUT2D eigenvalue weighted by molar-refractivity contribution is -0.125. The molecular formula is C21H27N3O4. The minimum Gasteiger partial charge on any atom is -0.489 e. The number of para-hydroxylation sites is 2. The van der Waals surface area contributed by atoms with Gasteiger partial charge >= 0.3 is 0 Å². The number of benzene rings is 1. The lowest BCUT2D eigenvalue weighted by Gasteiger charge is -2.27. The summed E-state index contributed by atoms with van der Waals surface area (Å²) in [6.45, 7) is 5.67. The maximum atomic E-state index is 12.7. The molecule has 0 bridgehead atoms. The first-order valence-corrected chi connectivity index (χ1v) is 9.73. The Morgan fingerprint density at radius 3 is 2.25 bits per heavy atom. The van der Waals surface area contributed by atoms with Crippen LogP contribution in [0.3, 0.4) is 0 Å². The molecule has 1 saturated carbocycles. The molecule has 150 valence electrons. The number of rotatable bonds is 6. The SMILES string of the molecule is Cc1cc(NC(=O)C2CCC(C(=O)Nc3ccccc3OC(C)C)CC2)no1. The van der Waals surface area contributed by atoms with Crippen molar-refractivity contribution >= 4 is 23.3 Å². The largest absolute Gasteiger partial charge is 0.489 e. The molecule has 1 aliphatic rings. The van der Waals surface area contributed by atoms with E-state index in [0.717, 1.165) is 0 Å². The van der Waals surface area contributed by atoms with E-state index in [1.165, 1.54) is 0 Å². The van der Waals surface area contributed by atoms with Crippen LogP contribution in [0, 0.1) is 18.8 Å². The summed E-state index contributed by atoms with van der Waals surface area (Å²) in [5.74, 6) is 1.44. The van der Waals surface area contributed by atoms with Crippen molar-refractivity contribution in [2.45, 2.75) is 52.6 Å². The first kappa shape index (κ1) is 19.9. The average Bonchev–Trinajstić information content (AvgIpc) is 3.07. The predicted molar refractivity (Wildman–Crippen MR) is 106 cm³/mol. The summed E-state index contributed by atoms with van der Waals surface area (Å²) >= 11 is 0. The van der Waals surface area contributed by atoms with E-state index >= 15 is 0 Å². The van der Waals surface area contributed by atoms with Crippen LogP contribution >= 0.6 is 0 Å². The van der Waals surface area contributed by atoms with Crippen molar-refractivity contribution in [3.63, 3.8) is 0 Å². The zero-order valence-corrected chi connectivity index (χ0v) is 16.5. The summed E-state index contributed by atoms with van der Waals surface area (Å²) < 4.78 is 10.7. The Bertz CT molecular complexity index is 823. The Balaban J connectivity index is 1.52. The van der Waals surface area contributed by atoms with Gasteiger partial charge in [0.2, 0.25) is 11.8 Å². The highest BCUT2D eigenvalue weighted by Gasteiger charge is 2.30. The van der Waals surface area contributed by atoms with Crippen molar-refractivity contribution < 1.29 is 18.8 Å². The second kappa shape index (κ2) is 8.91. The van der Waals surface area contributed by atoms with Gasteiger partial charge in [0.1, 0.15) is 11.5 Å². The molecule has 0 unspecified atom stereocenters. The fourth-order valence-electron chi connectivity index (χ4n) is 3.43. The van der Waals surface area contributed by atoms with Crippen molar-refractivity contribution in [1.82, 2.24) is 5.16 Å². The molecule has 0 aliphatic heterocycles. The molecule has 0 radical (unpaired) electrons. The average molecular weight is 385 g/mol. The van der Waals surface area contributed by atoms with Gasteiger partial charge in [-0.2, -0.15) is 0 Å². The number of hydrogen-bond acceptors (Lipinski definition) is 5. The number of anilines is 2. The van der Waals surface area contributed by atoms with Crippen molar-refractivity contribution in [1.29, 1.82) is 0 Å². The molecule has 1 aliphatic carbocycles. The van der Waals surface area contributed by atoms with Gasteiger partial charge in [-0.15, -0.1) is 0 Å². The fraction of sp³-hybridized carbons (Fsp3) is 0.476. The van der Waals surface area contributed by atoms with Crippen LogP contribution in [-0.2, 0) is 9.59 Å². The third-order valence-electron chi connectivity index (χ3n) is 4.86. The van der Waals surface area contributed by atoms with Crippen LogP contribution in [0.4, 0.5) is 11.5 Å². The second-order valence-electron chi connectivity index (χ2n) is 7.51. The summed E-state index contributed by atoms with van der Waals surface area (Å²) in [5, 5.41) is 9.55. The van der Waals surface area contributed by atoms with E-state index in [9.17, 15) is 9.59 Å². The molecule has 1 aromatic heterocycles. The van der Waals surface area contributed by atoms with Gasteiger partial charge in [0.05, 0.1) is 11.8 Å². The maximum Gasteiger partial charge on any atom is 0.228 e. The van der Waals surface area contributed by atoms with Gasteiger partial charge in [-0.05, 0) is 58.6 Å². The number of amides is 2. The summed E-state index contributed by atoms with van der Waals surface area (Å²) in [6, 6.07) is 9.13. The molecule has 2 N–H and O–H groups in total. The molecule has 28 heavy (non-hydrogen) atoms. The van der Waals surface area contributed by atoms with Gasteiger partial charge < -0.3 is 19.9 Å². The molecule has 1 heterocycles. The highest BCUT2D eigenvalue weighted by molar-refractivity contribution is 5.95. The van der Waals surface area contributed by atoms with Crippen molar-refractivity contribution in [3.05, 3.63) is 36.1 Å². The summed E-state index contributed by atoms with van der Waals surface area (Å²) in [4.78, 5) is 25.1. The zero-order valence-electron chi connectivity index (χ0n) is 16.5. The Labute approximate surface area is 164 Å². The van der Waals surface area contributed by atoms with E-state index in [4.69, 9.17) is 9.26 Å². The van der Waals surface area contributed by atoms with Crippen LogP contribution in [0.1, 0.15) is 45.3 Å². The van der Waals surface area contributed by atoms with Crippen LogP contribution in [0.15, 0.2) is 34.9 Å². The summed E-state index contributed by atoms with van der Waals surface area (Å²) in [7, 11) is 0. The number of nitrogens with one attached hydrogen (secondary N) is 2. The number of aryl methyl sites for hydroxylation is 1. The maximum absolute atomic E-state index is 12.7. The molecule has 7 heteroatoms. The first-order valence-electron chi connectivity index (χ1n) is 9.73. The molecule has 1 fully saturated rings. The molecule has 3 rings (SSSR count). The van der Waals surface area contributed by atoms with E-state index in [0.29, 0.717) is 48.7 Å². The molecule has 2 aromatic rings. The van der Waals surface area contributed by atoms with Crippen molar-refractivity contribution in [2.75, 3.05) is 10.6 Å². The molecule has 0 atom stereocenters. The van der Waals surface area contributed by atoms with Gasteiger partial charge in [0.15, 0.2) is 5.82 Å². The molecule has 0 spiro atoms. The normalized spacial score (nSPS) is 19.3. The van der Waals surface area contributed by atoms with Crippen LogP contribution in [0.25, 0.3) is 0 Å². The van der Waals surface area contributed by atoms with Gasteiger partial charge in [0, 0.05) is 17.9 Å². The summed E-state index contributed by atoms with van der Waals surface area (Å²) in [6.07, 6.45) is 2.72. The minimum absolute atomic E-state index is 0.0224. The zero-order chi connectivity index (χ0) is 20.1. The fourth-order valence-corrected chi connectivity index (χ4v) is 3.43. The number of hydrogen-bond donors (Lipinski definition) is 2. The van der Waals surface area contributed by atoms with Crippen LogP contribution in [0.2, 0.25) is 0 Å². The highest BCUT2D eigenvalue weighted by Crippen LogP contribution is 2.32. The first-order chi connectivity index (χ1) is 13.4. The molecule has 1 aromatic carbocycles. The third-order valence-corrected chi connectivity index (χ3v) is 4.86. The third kappa shape index (κ3) is 5.12. The Morgan fingerprint density at radius 2 is 1.68 bits per heavy atom. The van der Waals surface area contributed by atoms with Crippen molar-refractivity contribution in [3.8, 4) is 5.75 Å². The Morgan fingerprint density at radius 1 is 1.07 bits per heavy atom. The molecule has 0 saturated heterocycles. The minimum atomic E-state index is -0.113. The highest BCUT2D eigenvalue weighted by atomic mass is 16.5. The second-order valence-corrected chi connectivity index (χ2v) is 7.51. The topological polar surface area (TPSA) is 93.5 Å². The van der Waals surface area contributed by atoms with E-state index < -0.39 is 0 Å². The molecule has 7 nitrogen and oxygen atoms in total. The smallest absolute Gasteiger partial charge is 0.228 e. The van der Waals surface area contributed by atoms with Crippen molar-refractivity contribution in [2.24, 2.45) is 11.8 Å². The van der Waals surface area contributed by atoms with Crippen LogP contribution in [-0.4, -0.2) is 23.1 Å². The summed E-state index contributed by atoms with van der Waals surface area (Å²) in [5.41, 5.74) is 0.683. The number of carbonyl (C=O) groups excluding carboxylic acids is 2. The monoisotopic (exact) mass is 385 g/mol. The van der Waals surface area contributed by atoms with Crippen LogP contribution in [0.5, 0.6) is 5.75 Å². The molecular weight excluding hydrogens is 358 g/mol. The number of ether oxygens (including phenoxy) is 1. The van der Waals surface area contributed by atoms with E-state index in [2.05, 4.69) is 15.8 Å². The molecule has 2 amide bonds. The number of aromatic nitrogens is 1. The standard InChI is InChI=1S/C21H27N3O4/c1-13(2)27-18-7-5-4-6-17(18)22-20(25)15-8-10-16(11-9-15)21(26)23-19-12-14(3)28-24-19/h4-7,12-13,15-16H,8-11H2,1-3H3,(H,22,25)(H,23,24,26). The van der Waals surface area contributed by atoms with Gasteiger partial charge in [0.25, 0.3) is 0 Å². The van der Waals surface area contributed by atoms with Gasteiger partial charge in [-0.1, -0.05) is 17.3 Å². The Kier molecular flexibility index (Phi) is 6.34.